The Morgan fingerprint density at radius 1 is 1.39 bits per heavy atom. The van der Waals surface area contributed by atoms with Gasteiger partial charge in [-0.15, -0.1) is 0 Å². The van der Waals surface area contributed by atoms with Crippen LogP contribution in [-0.4, -0.2) is 35.5 Å². The molecule has 0 aromatic heterocycles. The third-order valence-corrected chi connectivity index (χ3v) is 3.02. The molecule has 2 N–H and O–H groups in total. The summed E-state index contributed by atoms with van der Waals surface area (Å²) in [4.78, 5) is 13.8. The summed E-state index contributed by atoms with van der Waals surface area (Å²) >= 11 is 0. The minimum absolute atomic E-state index is 0.0120. The summed E-state index contributed by atoms with van der Waals surface area (Å²) in [7, 11) is 1.92. The van der Waals surface area contributed by atoms with Gasteiger partial charge < -0.3 is 10.4 Å². The average Bonchev–Trinajstić information content (AvgIpc) is 2.28. The SMILES string of the molecule is CC(NC(=O)CN(C)C(C)C)c1cccc(O)c1. The number of carbonyl (C=O) groups excluding carboxylic acids is 1. The molecule has 1 unspecified atom stereocenters. The number of hydrogen-bond acceptors (Lipinski definition) is 3. The highest BCUT2D eigenvalue weighted by Crippen LogP contribution is 2.17. The quantitative estimate of drug-likeness (QED) is 0.839. The summed E-state index contributed by atoms with van der Waals surface area (Å²) < 4.78 is 0. The van der Waals surface area contributed by atoms with Gasteiger partial charge in [-0.1, -0.05) is 12.1 Å². The normalized spacial score (nSPS) is 12.8. The number of phenols is 1. The van der Waals surface area contributed by atoms with Crippen molar-refractivity contribution in [2.24, 2.45) is 0 Å². The summed E-state index contributed by atoms with van der Waals surface area (Å²) in [6.07, 6.45) is 0. The molecule has 4 nitrogen and oxygen atoms in total. The van der Waals surface area contributed by atoms with E-state index in [0.717, 1.165) is 5.56 Å². The zero-order chi connectivity index (χ0) is 13.7. The van der Waals surface area contributed by atoms with Crippen LogP contribution in [0.1, 0.15) is 32.4 Å². The first-order chi connectivity index (χ1) is 8.40. The highest BCUT2D eigenvalue weighted by atomic mass is 16.3. The van der Waals surface area contributed by atoms with Crippen molar-refractivity contribution in [2.45, 2.75) is 32.9 Å². The van der Waals surface area contributed by atoms with Gasteiger partial charge >= 0.3 is 0 Å². The lowest BCUT2D eigenvalue weighted by Gasteiger charge is -2.22. The van der Waals surface area contributed by atoms with Crippen molar-refractivity contribution < 1.29 is 9.90 Å². The first-order valence-electron chi connectivity index (χ1n) is 6.18. The summed E-state index contributed by atoms with van der Waals surface area (Å²) in [5, 5.41) is 12.3. The highest BCUT2D eigenvalue weighted by molar-refractivity contribution is 5.78. The van der Waals surface area contributed by atoms with Gasteiger partial charge in [-0.2, -0.15) is 0 Å². The van der Waals surface area contributed by atoms with Crippen molar-refractivity contribution in [3.8, 4) is 5.75 Å². The van der Waals surface area contributed by atoms with Crippen LogP contribution >= 0.6 is 0 Å². The van der Waals surface area contributed by atoms with Crippen molar-refractivity contribution in [3.05, 3.63) is 29.8 Å². The second-order valence-electron chi connectivity index (χ2n) is 4.89. The van der Waals surface area contributed by atoms with Crippen LogP contribution in [0.25, 0.3) is 0 Å². The molecule has 1 rings (SSSR count). The molecule has 1 amide bonds. The second-order valence-corrected chi connectivity index (χ2v) is 4.89. The van der Waals surface area contributed by atoms with Crippen molar-refractivity contribution in [3.63, 3.8) is 0 Å². The molecule has 0 fully saturated rings. The third kappa shape index (κ3) is 4.37. The standard InChI is InChI=1S/C14H22N2O2/c1-10(2)16(4)9-14(18)15-11(3)12-6-5-7-13(17)8-12/h5-8,10-11,17H,9H2,1-4H3,(H,15,18). The van der Waals surface area contributed by atoms with Gasteiger partial charge in [-0.25, -0.2) is 0 Å². The van der Waals surface area contributed by atoms with Crippen LogP contribution in [0.2, 0.25) is 0 Å². The van der Waals surface area contributed by atoms with E-state index in [4.69, 9.17) is 0 Å². The number of benzene rings is 1. The van der Waals surface area contributed by atoms with Crippen molar-refractivity contribution in [1.82, 2.24) is 10.2 Å². The van der Waals surface area contributed by atoms with Crippen molar-refractivity contribution in [2.75, 3.05) is 13.6 Å². The van der Waals surface area contributed by atoms with E-state index in [1.165, 1.54) is 0 Å². The number of nitrogens with zero attached hydrogens (tertiary/aromatic N) is 1. The largest absolute Gasteiger partial charge is 0.508 e. The Morgan fingerprint density at radius 2 is 2.06 bits per heavy atom. The van der Waals surface area contributed by atoms with Crippen LogP contribution in [0.5, 0.6) is 5.75 Å². The van der Waals surface area contributed by atoms with Gasteiger partial charge in [-0.3, -0.25) is 9.69 Å². The summed E-state index contributed by atoms with van der Waals surface area (Å²) in [6.45, 7) is 6.38. The summed E-state index contributed by atoms with van der Waals surface area (Å²) in [6, 6.07) is 7.17. The maximum absolute atomic E-state index is 11.8. The molecule has 0 saturated heterocycles. The number of aromatic hydroxyl groups is 1. The van der Waals surface area contributed by atoms with Crippen LogP contribution in [0.3, 0.4) is 0 Å². The summed E-state index contributed by atoms with van der Waals surface area (Å²) in [5.74, 6) is 0.204. The lowest BCUT2D eigenvalue weighted by Crippen LogP contribution is -2.39. The van der Waals surface area contributed by atoms with Crippen LogP contribution in [0.4, 0.5) is 0 Å². The fourth-order valence-electron chi connectivity index (χ4n) is 1.57. The van der Waals surface area contributed by atoms with Crippen molar-refractivity contribution >= 4 is 5.91 Å². The molecule has 0 radical (unpaired) electrons. The molecule has 0 saturated carbocycles. The second kappa shape index (κ2) is 6.40. The first kappa shape index (κ1) is 14.5. The molecule has 1 atom stereocenters. The lowest BCUT2D eigenvalue weighted by atomic mass is 10.1. The van der Waals surface area contributed by atoms with E-state index < -0.39 is 0 Å². The first-order valence-corrected chi connectivity index (χ1v) is 6.18. The molecule has 4 heteroatoms. The number of likely N-dealkylation sites (N-methyl/N-ethyl adjacent to an activating group) is 1. The van der Waals surface area contributed by atoms with Crippen LogP contribution in [0.15, 0.2) is 24.3 Å². The number of amides is 1. The average molecular weight is 250 g/mol. The van der Waals surface area contributed by atoms with Gasteiger partial charge in [0.2, 0.25) is 5.91 Å². The Morgan fingerprint density at radius 3 is 2.61 bits per heavy atom. The van der Waals surface area contributed by atoms with Gasteiger partial charge in [0, 0.05) is 6.04 Å². The Bertz CT molecular complexity index is 405. The number of carbonyl (C=O) groups is 1. The molecule has 0 bridgehead atoms. The smallest absolute Gasteiger partial charge is 0.234 e. The van der Waals surface area contributed by atoms with Crippen LogP contribution < -0.4 is 5.32 Å². The predicted octanol–water partition coefficient (Wildman–Crippen LogP) is 1.91. The fourth-order valence-corrected chi connectivity index (χ4v) is 1.57. The molecule has 0 heterocycles. The molecule has 0 aliphatic heterocycles. The Balaban J connectivity index is 2.54. The molecular weight excluding hydrogens is 228 g/mol. The minimum Gasteiger partial charge on any atom is -0.508 e. The number of rotatable bonds is 5. The molecule has 0 spiro atoms. The Labute approximate surface area is 109 Å². The topological polar surface area (TPSA) is 52.6 Å². The summed E-state index contributed by atoms with van der Waals surface area (Å²) in [5.41, 5.74) is 0.899. The van der Waals surface area contributed by atoms with Crippen LogP contribution in [0, 0.1) is 0 Å². The van der Waals surface area contributed by atoms with Crippen molar-refractivity contribution in [1.29, 1.82) is 0 Å². The zero-order valence-corrected chi connectivity index (χ0v) is 11.5. The maximum atomic E-state index is 11.8. The van der Waals surface area contributed by atoms with Crippen LogP contribution in [-0.2, 0) is 4.79 Å². The maximum Gasteiger partial charge on any atom is 0.234 e. The van der Waals surface area contributed by atoms with E-state index in [2.05, 4.69) is 5.32 Å². The minimum atomic E-state index is -0.106. The Hall–Kier alpha value is -1.55. The molecule has 18 heavy (non-hydrogen) atoms. The fraction of sp³-hybridized carbons (Fsp3) is 0.500. The zero-order valence-electron chi connectivity index (χ0n) is 11.5. The molecular formula is C14H22N2O2. The predicted molar refractivity (Wildman–Crippen MR) is 72.4 cm³/mol. The number of hydrogen-bond donors (Lipinski definition) is 2. The van der Waals surface area contributed by atoms with E-state index in [9.17, 15) is 9.90 Å². The van der Waals surface area contributed by atoms with E-state index in [1.807, 2.05) is 38.8 Å². The molecule has 100 valence electrons. The van der Waals surface area contributed by atoms with Gasteiger partial charge in [0.15, 0.2) is 0 Å². The van der Waals surface area contributed by atoms with Gasteiger partial charge in [-0.05, 0) is 45.5 Å². The van der Waals surface area contributed by atoms with Gasteiger partial charge in [0.25, 0.3) is 0 Å². The lowest BCUT2D eigenvalue weighted by molar-refractivity contribution is -0.122. The monoisotopic (exact) mass is 250 g/mol. The van der Waals surface area contributed by atoms with E-state index in [0.29, 0.717) is 12.6 Å². The van der Waals surface area contributed by atoms with E-state index >= 15 is 0 Å². The van der Waals surface area contributed by atoms with Gasteiger partial charge in [0.1, 0.15) is 5.75 Å². The molecule has 0 aliphatic rings. The molecule has 0 aliphatic carbocycles. The Kier molecular flexibility index (Phi) is 5.16. The highest BCUT2D eigenvalue weighted by Gasteiger charge is 2.13. The van der Waals surface area contributed by atoms with E-state index in [-0.39, 0.29) is 17.7 Å². The van der Waals surface area contributed by atoms with E-state index in [1.54, 1.807) is 18.2 Å². The molecule has 1 aromatic rings. The third-order valence-electron chi connectivity index (χ3n) is 3.02. The van der Waals surface area contributed by atoms with Gasteiger partial charge in [0.05, 0.1) is 12.6 Å². The number of nitrogens with one attached hydrogen (secondary N) is 1. The molecule has 1 aromatic carbocycles. The number of phenolic OH excluding ortho intramolecular Hbond substituents is 1.